The van der Waals surface area contributed by atoms with Crippen molar-refractivity contribution in [3.8, 4) is 0 Å². The highest BCUT2D eigenvalue weighted by atomic mass is 19.4. The molecule has 11 atom stereocenters. The Morgan fingerprint density at radius 3 is 1.20 bits per heavy atom. The van der Waals surface area contributed by atoms with Gasteiger partial charge in [0.25, 0.3) is 0 Å². The lowest BCUT2D eigenvalue weighted by Crippen LogP contribution is -2.57. The molecule has 0 bridgehead atoms. The number of benzene rings is 1. The van der Waals surface area contributed by atoms with Gasteiger partial charge in [-0.15, -0.1) is 0 Å². The van der Waals surface area contributed by atoms with Crippen LogP contribution in [-0.2, 0) is 67.4 Å². The van der Waals surface area contributed by atoms with Crippen molar-refractivity contribution < 1.29 is 130 Å². The Kier molecular flexibility index (Phi) is 46.6. The van der Waals surface area contributed by atoms with E-state index in [0.717, 1.165) is 45.4 Å². The SMILES string of the molecule is C.C.CCC(C)(C)C(=O)O.CCC(C)(C)C(=O)OC(C)(C)C1CCC(C)CC1.CCC(C)(C)C(=O)OC(C)C(F)(F)F.CCC(C)(C)C(=O)OC1C(=O)OC2CCCC21.CCC(C)(C)C(=O)OC1CC(C(C)(O)C(F)(F)F)CC(C(C)(O)C(F)(F)F)C1.CCC(C)C(=O)OC(C)C(F)(F)F.CCC(C)c1ccc(C(C)(C)C)cc1. The molecule has 5 rings (SSSR count). The Labute approximate surface area is 675 Å². The van der Waals surface area contributed by atoms with Gasteiger partial charge in [0, 0.05) is 17.8 Å². The minimum atomic E-state index is -5.10. The Bertz CT molecular complexity index is 3010. The molecular weight excluding hydrogens is 1520 g/mol. The highest BCUT2D eigenvalue weighted by Gasteiger charge is 2.62. The first-order valence-corrected chi connectivity index (χ1v) is 39.6. The second kappa shape index (κ2) is 46.2. The minimum absolute atomic E-state index is 0. The summed E-state index contributed by atoms with van der Waals surface area (Å²) in [5.74, 6) is -5.51. The quantitative estimate of drug-likeness (QED) is 0.0556. The van der Waals surface area contributed by atoms with Gasteiger partial charge >= 0.3 is 66.5 Å². The van der Waals surface area contributed by atoms with Crippen molar-refractivity contribution in [1.29, 1.82) is 0 Å². The van der Waals surface area contributed by atoms with Crippen molar-refractivity contribution in [3.63, 3.8) is 0 Å². The smallest absolute Gasteiger partial charge is 0.425 e. The summed E-state index contributed by atoms with van der Waals surface area (Å²) < 4.78 is 182. The van der Waals surface area contributed by atoms with Crippen molar-refractivity contribution in [2.24, 2.45) is 62.6 Å². The van der Waals surface area contributed by atoms with Gasteiger partial charge in [0.05, 0.1) is 33.0 Å². The second-order valence-electron chi connectivity index (χ2n) is 36.0. The highest BCUT2D eigenvalue weighted by Crippen LogP contribution is 2.51. The van der Waals surface area contributed by atoms with Gasteiger partial charge in [-0.05, 0) is 241 Å². The fraction of sp³-hybridized carbons (Fsp3) is 0.849. The van der Waals surface area contributed by atoms with Crippen LogP contribution in [0.25, 0.3) is 0 Å². The fourth-order valence-electron chi connectivity index (χ4n) is 10.9. The largest absolute Gasteiger partial charge is 0.481 e. The monoisotopic (exact) mass is 1670 g/mol. The van der Waals surface area contributed by atoms with Crippen LogP contribution >= 0.6 is 0 Å². The summed E-state index contributed by atoms with van der Waals surface area (Å²) in [5, 5.41) is 28.4. The van der Waals surface area contributed by atoms with Crippen molar-refractivity contribution in [1.82, 2.24) is 0 Å². The molecule has 28 heteroatoms. The number of hydrogen-bond donors (Lipinski definition) is 3. The van der Waals surface area contributed by atoms with E-state index in [2.05, 4.69) is 89.1 Å². The summed E-state index contributed by atoms with van der Waals surface area (Å²) in [7, 11) is 0. The van der Waals surface area contributed by atoms with Crippen LogP contribution in [0.3, 0.4) is 0 Å². The lowest BCUT2D eigenvalue weighted by molar-refractivity contribution is -0.299. The zero-order valence-electron chi connectivity index (χ0n) is 72.4. The molecule has 114 heavy (non-hydrogen) atoms. The Hall–Kier alpha value is -5.41. The maximum atomic E-state index is 13.3. The zero-order valence-corrected chi connectivity index (χ0v) is 72.4. The maximum absolute atomic E-state index is 13.3. The van der Waals surface area contributed by atoms with Crippen LogP contribution < -0.4 is 0 Å². The van der Waals surface area contributed by atoms with Gasteiger partial charge in [0.1, 0.15) is 17.8 Å². The molecule has 1 heterocycles. The number of halogens is 12. The molecule has 16 nitrogen and oxygen atoms in total. The first kappa shape index (κ1) is 115. The summed E-state index contributed by atoms with van der Waals surface area (Å²) in [4.78, 5) is 80.5. The van der Waals surface area contributed by atoms with E-state index in [1.165, 1.54) is 50.2 Å². The van der Waals surface area contributed by atoms with Gasteiger partial charge < -0.3 is 43.7 Å². The highest BCUT2D eigenvalue weighted by molar-refractivity contribution is 5.84. The third-order valence-corrected chi connectivity index (χ3v) is 23.3. The van der Waals surface area contributed by atoms with Gasteiger partial charge in [0.15, 0.2) is 23.4 Å². The molecule has 672 valence electrons. The summed E-state index contributed by atoms with van der Waals surface area (Å²) in [6, 6.07) is 9.08. The summed E-state index contributed by atoms with van der Waals surface area (Å²) in [6.07, 6.45) is -14.3. The third kappa shape index (κ3) is 36.4. The van der Waals surface area contributed by atoms with E-state index >= 15 is 0 Å². The molecule has 0 amide bonds. The number of carboxylic acid groups (broad SMARTS) is 1. The molecule has 0 radical (unpaired) electrons. The average molecular weight is 1670 g/mol. The van der Waals surface area contributed by atoms with Gasteiger partial charge in [0.2, 0.25) is 6.10 Å². The normalized spacial score (nSPS) is 22.3. The van der Waals surface area contributed by atoms with E-state index in [9.17, 15) is 96.5 Å². The number of carbonyl (C=O) groups is 7. The molecule has 3 saturated carbocycles. The molecule has 1 aromatic rings. The van der Waals surface area contributed by atoms with Gasteiger partial charge in [-0.2, -0.15) is 52.7 Å². The van der Waals surface area contributed by atoms with E-state index in [-0.39, 0.29) is 61.2 Å². The van der Waals surface area contributed by atoms with Crippen molar-refractivity contribution >= 4 is 41.8 Å². The zero-order chi connectivity index (χ0) is 88.7. The number of carboxylic acids is 1. The molecule has 1 aromatic carbocycles. The number of rotatable bonds is 22. The summed E-state index contributed by atoms with van der Waals surface area (Å²) >= 11 is 0. The van der Waals surface area contributed by atoms with Crippen LogP contribution in [-0.4, -0.2) is 129 Å². The Morgan fingerprint density at radius 2 is 0.860 bits per heavy atom. The summed E-state index contributed by atoms with van der Waals surface area (Å²) in [6.45, 7) is 50.1. The van der Waals surface area contributed by atoms with E-state index in [1.54, 1.807) is 62.3 Å². The van der Waals surface area contributed by atoms with E-state index in [1.807, 2.05) is 48.5 Å². The van der Waals surface area contributed by atoms with Gasteiger partial charge in [-0.1, -0.05) is 142 Å². The molecule has 3 aliphatic carbocycles. The number of aliphatic carboxylic acids is 1. The standard InChI is InChI=1S/C18H28F6O4.C16H30O2.C14H22.C13H20O4.C9H15F3O2.C8H13F3O2.C6H12O2.2CH4/c1-6-14(2,3)13(25)28-12-8-10(15(4,26)17(19,20)21)7-11(9-12)16(5,27)18(22,23)24;1-7-15(3,4)14(17)18-16(5,6)13-10-8-12(2)9-11-13;1-6-11(2)12-7-9-13(10-8-12)14(3,4)5;1-4-13(2,3)12(15)17-10-8-6-5-7-9(8)16-11(10)14;1-5-8(3,4)7(13)14-6(2)9(10,11)12;1-4-5(2)7(12)13-6(3)8(9,10)11;1-4-6(2,3)5(7)8;;/h10-12,26-27H,6-9H2,1-5H3;12-13H,7-11H2,1-6H3;7-11H,6H2,1-5H3;8-10H,4-7H2,1-3H3;6H,5H2,1-4H3;5-6H,4H2,1-3H3;4H2,1-3H3,(H,7,8);2*1H4. The average Bonchev–Trinajstić information content (AvgIpc) is 0.811. The van der Waals surface area contributed by atoms with Crippen molar-refractivity contribution in [3.05, 3.63) is 35.4 Å². The van der Waals surface area contributed by atoms with Crippen LogP contribution in [0.1, 0.15) is 342 Å². The number of ether oxygens (including phenoxy) is 6. The van der Waals surface area contributed by atoms with Gasteiger partial charge in [-0.25, -0.2) is 4.79 Å². The minimum Gasteiger partial charge on any atom is -0.481 e. The van der Waals surface area contributed by atoms with Crippen LogP contribution in [0.15, 0.2) is 24.3 Å². The summed E-state index contributed by atoms with van der Waals surface area (Å²) in [5.41, 5.74) is -7.02. The Balaban J connectivity index is -0.000000634. The van der Waals surface area contributed by atoms with E-state index in [0.29, 0.717) is 57.8 Å². The predicted octanol–water partition coefficient (Wildman–Crippen LogP) is 23.7. The molecule has 4 fully saturated rings. The lowest BCUT2D eigenvalue weighted by Gasteiger charge is -2.46. The van der Waals surface area contributed by atoms with Crippen LogP contribution in [0.2, 0.25) is 0 Å². The number of carbonyl (C=O) groups excluding carboxylic acids is 6. The molecule has 3 N–H and O–H groups in total. The predicted molar refractivity (Wildman–Crippen MR) is 420 cm³/mol. The second-order valence-corrected chi connectivity index (χ2v) is 36.0. The van der Waals surface area contributed by atoms with Crippen molar-refractivity contribution in [2.45, 2.75) is 408 Å². The number of aliphatic hydroxyl groups is 2. The van der Waals surface area contributed by atoms with E-state index < -0.39 is 143 Å². The molecule has 1 saturated heterocycles. The molecule has 1 aliphatic heterocycles. The maximum Gasteiger partial charge on any atom is 0.425 e. The van der Waals surface area contributed by atoms with Crippen LogP contribution in [0.5, 0.6) is 0 Å². The fourth-order valence-corrected chi connectivity index (χ4v) is 10.9. The number of hydrogen-bond acceptors (Lipinski definition) is 15. The Morgan fingerprint density at radius 1 is 0.482 bits per heavy atom. The molecule has 4 aliphatic rings. The molecular formula is C86H148F12O16. The first-order chi connectivity index (χ1) is 50.3. The molecule has 0 spiro atoms. The number of fused-ring (bicyclic) bond motifs is 1. The third-order valence-electron chi connectivity index (χ3n) is 23.3. The van der Waals surface area contributed by atoms with Gasteiger partial charge in [-0.3, -0.25) is 28.8 Å². The number of esters is 6. The van der Waals surface area contributed by atoms with Crippen LogP contribution in [0.4, 0.5) is 52.7 Å². The molecule has 0 aromatic heterocycles. The van der Waals surface area contributed by atoms with Crippen LogP contribution in [0, 0.1) is 62.6 Å². The number of alkyl halides is 12. The molecule has 11 unspecified atom stereocenters. The topological polar surface area (TPSA) is 236 Å². The van der Waals surface area contributed by atoms with E-state index in [4.69, 9.17) is 24.1 Å². The van der Waals surface area contributed by atoms with Crippen molar-refractivity contribution in [2.75, 3.05) is 0 Å². The first-order valence-electron chi connectivity index (χ1n) is 39.6. The lowest BCUT2D eigenvalue weighted by atomic mass is 9.67.